The molecule has 4 rings (SSSR count). The zero-order chi connectivity index (χ0) is 19.4. The number of hydrogen-bond acceptors (Lipinski definition) is 3. The first-order valence-corrected chi connectivity index (χ1v) is 10.9. The number of urea groups is 1. The number of hydrogen-bond donors (Lipinski definition) is 2. The van der Waals surface area contributed by atoms with Crippen LogP contribution in [-0.2, 0) is 0 Å². The van der Waals surface area contributed by atoms with Crippen LogP contribution in [0.5, 0.6) is 0 Å². The molecule has 0 radical (unpaired) electrons. The average Bonchev–Trinajstić information content (AvgIpc) is 3.19. The molecule has 0 atom stereocenters. The van der Waals surface area contributed by atoms with Gasteiger partial charge in [0, 0.05) is 36.4 Å². The van der Waals surface area contributed by atoms with E-state index in [1.165, 1.54) is 64.5 Å². The van der Waals surface area contributed by atoms with Crippen molar-refractivity contribution in [2.75, 3.05) is 37.6 Å². The molecule has 2 heterocycles. The Morgan fingerprint density at radius 3 is 2.29 bits per heavy atom. The molecule has 2 N–H and O–H groups in total. The van der Waals surface area contributed by atoms with Gasteiger partial charge in [0.15, 0.2) is 0 Å². The summed E-state index contributed by atoms with van der Waals surface area (Å²) in [6, 6.07) is 7.30. The van der Waals surface area contributed by atoms with Gasteiger partial charge in [-0.3, -0.25) is 14.6 Å². The van der Waals surface area contributed by atoms with Gasteiger partial charge in [0.1, 0.15) is 0 Å². The number of piperidine rings is 1. The van der Waals surface area contributed by atoms with Crippen LogP contribution in [0, 0.1) is 0 Å². The van der Waals surface area contributed by atoms with E-state index in [9.17, 15) is 9.59 Å². The van der Waals surface area contributed by atoms with Gasteiger partial charge in [0.25, 0.3) is 5.91 Å². The standard InChI is InChI=1S/C22H32N4O2/c27-20(18-7-9-19(10-8-18)26-16-13-23-21(26)28)24-17-22(11-3-1-4-12-22)25-14-5-2-6-15-25/h7-10H,1-6,11-17H2,(H,23,28)(H,24,27). The summed E-state index contributed by atoms with van der Waals surface area (Å²) in [5.74, 6) is -0.0145. The van der Waals surface area contributed by atoms with Crippen LogP contribution in [0.1, 0.15) is 61.7 Å². The number of benzene rings is 1. The number of amides is 3. The maximum atomic E-state index is 12.8. The van der Waals surface area contributed by atoms with Crippen molar-refractivity contribution in [3.63, 3.8) is 0 Å². The van der Waals surface area contributed by atoms with E-state index in [-0.39, 0.29) is 17.5 Å². The van der Waals surface area contributed by atoms with E-state index in [0.717, 1.165) is 12.2 Å². The molecule has 0 spiro atoms. The fraction of sp³-hybridized carbons (Fsp3) is 0.636. The van der Waals surface area contributed by atoms with Crippen molar-refractivity contribution in [1.29, 1.82) is 0 Å². The molecule has 152 valence electrons. The predicted molar refractivity (Wildman–Crippen MR) is 111 cm³/mol. The third-order valence-corrected chi connectivity index (χ3v) is 6.69. The first kappa shape index (κ1) is 19.2. The summed E-state index contributed by atoms with van der Waals surface area (Å²) in [4.78, 5) is 28.9. The summed E-state index contributed by atoms with van der Waals surface area (Å²) in [7, 11) is 0. The molecule has 1 saturated carbocycles. The zero-order valence-electron chi connectivity index (χ0n) is 16.7. The maximum Gasteiger partial charge on any atom is 0.321 e. The minimum absolute atomic E-state index is 0.0145. The molecule has 3 fully saturated rings. The van der Waals surface area contributed by atoms with Gasteiger partial charge in [-0.15, -0.1) is 0 Å². The van der Waals surface area contributed by atoms with Gasteiger partial charge in [0.2, 0.25) is 0 Å². The second-order valence-corrected chi connectivity index (χ2v) is 8.45. The Bertz CT molecular complexity index is 691. The van der Waals surface area contributed by atoms with Gasteiger partial charge in [-0.05, 0) is 63.0 Å². The minimum atomic E-state index is -0.0713. The molecule has 2 saturated heterocycles. The molecule has 3 aliphatic rings. The Balaban J connectivity index is 1.40. The number of carbonyl (C=O) groups is 2. The first-order chi connectivity index (χ1) is 13.7. The molecule has 6 heteroatoms. The van der Waals surface area contributed by atoms with Crippen molar-refractivity contribution in [1.82, 2.24) is 15.5 Å². The van der Waals surface area contributed by atoms with Gasteiger partial charge in [-0.1, -0.05) is 25.7 Å². The van der Waals surface area contributed by atoms with Gasteiger partial charge >= 0.3 is 6.03 Å². The van der Waals surface area contributed by atoms with Crippen molar-refractivity contribution in [2.45, 2.75) is 56.9 Å². The molecule has 0 aromatic heterocycles. The SMILES string of the molecule is O=C(NCC1(N2CCCCC2)CCCCC1)c1ccc(N2CCNC2=O)cc1. The molecule has 2 aliphatic heterocycles. The van der Waals surface area contributed by atoms with E-state index in [1.807, 2.05) is 24.3 Å². The Labute approximate surface area is 167 Å². The van der Waals surface area contributed by atoms with E-state index in [0.29, 0.717) is 18.7 Å². The first-order valence-electron chi connectivity index (χ1n) is 10.9. The van der Waals surface area contributed by atoms with Crippen LogP contribution in [0.2, 0.25) is 0 Å². The summed E-state index contributed by atoms with van der Waals surface area (Å²) in [6.45, 7) is 4.41. The quantitative estimate of drug-likeness (QED) is 0.820. The van der Waals surface area contributed by atoms with Gasteiger partial charge in [0.05, 0.1) is 0 Å². The molecule has 0 unspecified atom stereocenters. The van der Waals surface area contributed by atoms with Crippen molar-refractivity contribution in [3.8, 4) is 0 Å². The van der Waals surface area contributed by atoms with Gasteiger partial charge < -0.3 is 10.6 Å². The minimum Gasteiger partial charge on any atom is -0.350 e. The average molecular weight is 385 g/mol. The summed E-state index contributed by atoms with van der Waals surface area (Å²) in [6.07, 6.45) is 10.1. The van der Waals surface area contributed by atoms with E-state index >= 15 is 0 Å². The van der Waals surface area contributed by atoms with Crippen LogP contribution >= 0.6 is 0 Å². The van der Waals surface area contributed by atoms with Crippen LogP contribution < -0.4 is 15.5 Å². The third-order valence-electron chi connectivity index (χ3n) is 6.69. The second kappa shape index (κ2) is 8.52. The summed E-state index contributed by atoms with van der Waals surface area (Å²) < 4.78 is 0. The lowest BCUT2D eigenvalue weighted by Gasteiger charge is -2.48. The number of likely N-dealkylation sites (tertiary alicyclic amines) is 1. The molecule has 1 aliphatic carbocycles. The third kappa shape index (κ3) is 4.02. The zero-order valence-corrected chi connectivity index (χ0v) is 16.7. The van der Waals surface area contributed by atoms with Crippen LogP contribution in [0.25, 0.3) is 0 Å². The Morgan fingerprint density at radius 2 is 1.64 bits per heavy atom. The Morgan fingerprint density at radius 1 is 0.964 bits per heavy atom. The van der Waals surface area contributed by atoms with Crippen LogP contribution in [0.15, 0.2) is 24.3 Å². The number of anilines is 1. The lowest BCUT2D eigenvalue weighted by molar-refractivity contribution is 0.0326. The fourth-order valence-electron chi connectivity index (χ4n) is 5.04. The monoisotopic (exact) mass is 384 g/mol. The van der Waals surface area contributed by atoms with Crippen molar-refractivity contribution in [3.05, 3.63) is 29.8 Å². The summed E-state index contributed by atoms with van der Waals surface area (Å²) in [5, 5.41) is 6.03. The predicted octanol–water partition coefficient (Wildman–Crippen LogP) is 3.13. The highest BCUT2D eigenvalue weighted by Crippen LogP contribution is 2.35. The number of nitrogens with zero attached hydrogens (tertiary/aromatic N) is 2. The molecule has 6 nitrogen and oxygen atoms in total. The molecule has 1 aromatic rings. The van der Waals surface area contributed by atoms with Gasteiger partial charge in [-0.25, -0.2) is 4.79 Å². The molecular weight excluding hydrogens is 352 g/mol. The lowest BCUT2D eigenvalue weighted by atomic mass is 9.79. The molecule has 1 aromatic carbocycles. The number of nitrogens with one attached hydrogen (secondary N) is 2. The molecular formula is C22H32N4O2. The molecule has 0 bridgehead atoms. The van der Waals surface area contributed by atoms with Crippen molar-refractivity contribution < 1.29 is 9.59 Å². The van der Waals surface area contributed by atoms with E-state index in [2.05, 4.69) is 15.5 Å². The number of rotatable bonds is 5. The topological polar surface area (TPSA) is 64.7 Å². The molecule has 28 heavy (non-hydrogen) atoms. The van der Waals surface area contributed by atoms with Crippen LogP contribution in [-0.4, -0.2) is 55.1 Å². The second-order valence-electron chi connectivity index (χ2n) is 8.45. The van der Waals surface area contributed by atoms with Gasteiger partial charge in [-0.2, -0.15) is 0 Å². The highest BCUT2D eigenvalue weighted by atomic mass is 16.2. The van der Waals surface area contributed by atoms with Crippen LogP contribution in [0.4, 0.5) is 10.5 Å². The van der Waals surface area contributed by atoms with Crippen LogP contribution in [0.3, 0.4) is 0 Å². The summed E-state index contributed by atoms with van der Waals surface area (Å²) in [5.41, 5.74) is 1.64. The molecule has 3 amide bonds. The Hall–Kier alpha value is -2.08. The van der Waals surface area contributed by atoms with E-state index in [1.54, 1.807) is 4.90 Å². The maximum absolute atomic E-state index is 12.8. The van der Waals surface area contributed by atoms with E-state index < -0.39 is 0 Å². The normalized spacial score (nSPS) is 22.7. The van der Waals surface area contributed by atoms with Crippen molar-refractivity contribution >= 4 is 17.6 Å². The summed E-state index contributed by atoms with van der Waals surface area (Å²) >= 11 is 0. The largest absolute Gasteiger partial charge is 0.350 e. The smallest absolute Gasteiger partial charge is 0.321 e. The highest BCUT2D eigenvalue weighted by Gasteiger charge is 2.38. The number of carbonyl (C=O) groups excluding carboxylic acids is 2. The lowest BCUT2D eigenvalue weighted by Crippen LogP contribution is -2.58. The Kier molecular flexibility index (Phi) is 5.85. The highest BCUT2D eigenvalue weighted by molar-refractivity contribution is 5.97. The van der Waals surface area contributed by atoms with Crippen molar-refractivity contribution in [2.24, 2.45) is 0 Å². The van der Waals surface area contributed by atoms with E-state index in [4.69, 9.17) is 0 Å². The fourth-order valence-corrected chi connectivity index (χ4v) is 5.04.